The number of hydrogen-bond donors (Lipinski definition) is 1. The van der Waals surface area contributed by atoms with Gasteiger partial charge in [0.1, 0.15) is 22.9 Å². The van der Waals surface area contributed by atoms with Crippen LogP contribution in [0, 0.1) is 5.82 Å². The van der Waals surface area contributed by atoms with Crippen LogP contribution in [0.5, 0.6) is 5.75 Å². The molecular formula is C26H20FN3O. The van der Waals surface area contributed by atoms with Gasteiger partial charge in [-0.2, -0.15) is 0 Å². The molecule has 0 saturated carbocycles. The molecule has 152 valence electrons. The lowest BCUT2D eigenvalue weighted by atomic mass is 9.77. The molecule has 4 nitrogen and oxygen atoms in total. The van der Waals surface area contributed by atoms with Crippen molar-refractivity contribution in [3.8, 4) is 16.9 Å². The summed E-state index contributed by atoms with van der Waals surface area (Å²) in [5.74, 6) is 0.759. The van der Waals surface area contributed by atoms with Gasteiger partial charge in [0, 0.05) is 23.5 Å². The highest BCUT2D eigenvalue weighted by atomic mass is 19.1. The van der Waals surface area contributed by atoms with Gasteiger partial charge in [-0.3, -0.25) is 4.98 Å². The summed E-state index contributed by atoms with van der Waals surface area (Å²) in [7, 11) is 1.57. The molecule has 0 aliphatic carbocycles. The fraction of sp³-hybridized carbons (Fsp3) is 0.0769. The molecule has 31 heavy (non-hydrogen) atoms. The van der Waals surface area contributed by atoms with Crippen molar-refractivity contribution >= 4 is 5.84 Å². The third-order valence-corrected chi connectivity index (χ3v) is 5.74. The van der Waals surface area contributed by atoms with E-state index in [0.29, 0.717) is 17.1 Å². The molecule has 5 heteroatoms. The van der Waals surface area contributed by atoms with E-state index in [9.17, 15) is 4.39 Å². The van der Waals surface area contributed by atoms with Crippen LogP contribution in [-0.4, -0.2) is 17.9 Å². The van der Waals surface area contributed by atoms with Crippen molar-refractivity contribution in [1.82, 2.24) is 4.98 Å². The summed E-state index contributed by atoms with van der Waals surface area (Å²) in [5, 5.41) is 0. The highest BCUT2D eigenvalue weighted by molar-refractivity contribution is 6.03. The maximum Gasteiger partial charge on any atom is 0.139 e. The first-order valence-corrected chi connectivity index (χ1v) is 9.93. The maximum atomic E-state index is 14.7. The highest BCUT2D eigenvalue weighted by Gasteiger charge is 2.42. The lowest BCUT2D eigenvalue weighted by molar-refractivity contribution is 0.414. The van der Waals surface area contributed by atoms with E-state index < -0.39 is 5.54 Å². The average Bonchev–Trinajstić information content (AvgIpc) is 3.14. The van der Waals surface area contributed by atoms with Crippen LogP contribution in [0.2, 0.25) is 0 Å². The van der Waals surface area contributed by atoms with Crippen LogP contribution in [0.4, 0.5) is 4.39 Å². The molecule has 1 unspecified atom stereocenters. The van der Waals surface area contributed by atoms with Gasteiger partial charge in [-0.15, -0.1) is 0 Å². The second-order valence-corrected chi connectivity index (χ2v) is 7.42. The Morgan fingerprint density at radius 1 is 0.839 bits per heavy atom. The normalized spacial score (nSPS) is 17.2. The molecule has 3 aromatic carbocycles. The number of aromatic nitrogens is 1. The molecule has 1 aliphatic rings. The second kappa shape index (κ2) is 7.36. The van der Waals surface area contributed by atoms with Crippen molar-refractivity contribution in [1.29, 1.82) is 0 Å². The van der Waals surface area contributed by atoms with E-state index in [-0.39, 0.29) is 5.82 Å². The van der Waals surface area contributed by atoms with Crippen LogP contribution in [-0.2, 0) is 5.54 Å². The van der Waals surface area contributed by atoms with Gasteiger partial charge in [0.25, 0.3) is 0 Å². The number of rotatable bonds is 4. The van der Waals surface area contributed by atoms with Gasteiger partial charge in [-0.05, 0) is 58.7 Å². The number of fused-ring (bicyclic) bond motifs is 1. The molecule has 4 aromatic rings. The van der Waals surface area contributed by atoms with E-state index in [2.05, 4.69) is 4.98 Å². The first kappa shape index (κ1) is 19.0. The minimum atomic E-state index is -0.838. The Bertz CT molecular complexity index is 1300. The number of nitrogens with two attached hydrogens (primary N) is 1. The van der Waals surface area contributed by atoms with Crippen LogP contribution in [0.25, 0.3) is 11.1 Å². The molecule has 2 heterocycles. The molecule has 5 rings (SSSR count). The number of halogens is 1. The monoisotopic (exact) mass is 409 g/mol. The van der Waals surface area contributed by atoms with E-state index in [0.717, 1.165) is 27.8 Å². The largest absolute Gasteiger partial charge is 0.497 e. The molecule has 0 saturated heterocycles. The maximum absolute atomic E-state index is 14.7. The minimum Gasteiger partial charge on any atom is -0.497 e. The van der Waals surface area contributed by atoms with Gasteiger partial charge in [-0.25, -0.2) is 9.38 Å². The SMILES string of the molecule is COc1ccc(F)c(-c2cccc(C3(c4ccncc4)N=C(N)c4ccccc43)c2)c1. The number of aliphatic imine (C=N–C) groups is 1. The van der Waals surface area contributed by atoms with Gasteiger partial charge in [0.2, 0.25) is 0 Å². The van der Waals surface area contributed by atoms with E-state index in [1.807, 2.05) is 60.7 Å². The summed E-state index contributed by atoms with van der Waals surface area (Å²) >= 11 is 0. The van der Waals surface area contributed by atoms with Crippen molar-refractivity contribution in [2.45, 2.75) is 5.54 Å². The molecule has 0 bridgehead atoms. The van der Waals surface area contributed by atoms with Crippen LogP contribution < -0.4 is 10.5 Å². The summed E-state index contributed by atoms with van der Waals surface area (Å²) < 4.78 is 20.0. The van der Waals surface area contributed by atoms with Gasteiger partial charge in [0.05, 0.1) is 7.11 Å². The number of amidine groups is 1. The van der Waals surface area contributed by atoms with Crippen molar-refractivity contribution < 1.29 is 9.13 Å². The van der Waals surface area contributed by atoms with E-state index in [1.54, 1.807) is 31.6 Å². The molecule has 0 fully saturated rings. The van der Waals surface area contributed by atoms with Gasteiger partial charge in [0.15, 0.2) is 0 Å². The molecule has 0 amide bonds. The Balaban J connectivity index is 1.77. The number of pyridine rings is 1. The smallest absolute Gasteiger partial charge is 0.139 e. The van der Waals surface area contributed by atoms with Crippen molar-refractivity contribution in [2.75, 3.05) is 7.11 Å². The number of ether oxygens (including phenoxy) is 1. The average molecular weight is 409 g/mol. The summed E-state index contributed by atoms with van der Waals surface area (Å²) in [6, 6.07) is 24.3. The highest BCUT2D eigenvalue weighted by Crippen LogP contribution is 2.46. The Labute approximate surface area is 179 Å². The third kappa shape index (κ3) is 2.97. The fourth-order valence-corrected chi connectivity index (χ4v) is 4.29. The Hall–Kier alpha value is -3.99. The first-order valence-electron chi connectivity index (χ1n) is 9.93. The predicted molar refractivity (Wildman–Crippen MR) is 120 cm³/mol. The fourth-order valence-electron chi connectivity index (χ4n) is 4.29. The summed E-state index contributed by atoms with van der Waals surface area (Å²) in [6.45, 7) is 0. The zero-order valence-electron chi connectivity index (χ0n) is 16.9. The number of nitrogens with zero attached hydrogens (tertiary/aromatic N) is 2. The van der Waals surface area contributed by atoms with Crippen molar-refractivity contribution in [2.24, 2.45) is 10.7 Å². The standard InChI is InChI=1S/C26H20FN3O/c1-31-20-9-10-24(27)22(16-20)17-5-4-6-19(15-17)26(18-11-13-29-14-12-18)23-8-3-2-7-21(23)25(28)30-26/h2-16H,1H3,(H2,28,30). The zero-order chi connectivity index (χ0) is 21.4. The topological polar surface area (TPSA) is 60.5 Å². The first-order chi connectivity index (χ1) is 15.1. The van der Waals surface area contributed by atoms with Gasteiger partial charge >= 0.3 is 0 Å². The van der Waals surface area contributed by atoms with Crippen molar-refractivity contribution in [3.63, 3.8) is 0 Å². The summed E-state index contributed by atoms with van der Waals surface area (Å²) in [4.78, 5) is 9.14. The van der Waals surface area contributed by atoms with Gasteiger partial charge < -0.3 is 10.5 Å². The quantitative estimate of drug-likeness (QED) is 0.521. The Morgan fingerprint density at radius 2 is 1.65 bits per heavy atom. The third-order valence-electron chi connectivity index (χ3n) is 5.74. The summed E-state index contributed by atoms with van der Waals surface area (Å²) in [5.41, 5.74) is 10.5. The summed E-state index contributed by atoms with van der Waals surface area (Å²) in [6.07, 6.45) is 3.49. The number of methoxy groups -OCH3 is 1. The van der Waals surface area contributed by atoms with Crippen LogP contribution in [0.3, 0.4) is 0 Å². The van der Waals surface area contributed by atoms with Crippen LogP contribution >= 0.6 is 0 Å². The number of benzene rings is 3. The van der Waals surface area contributed by atoms with E-state index in [1.165, 1.54) is 6.07 Å². The van der Waals surface area contributed by atoms with Gasteiger partial charge in [-0.1, -0.05) is 42.5 Å². The zero-order valence-corrected chi connectivity index (χ0v) is 16.9. The molecule has 0 spiro atoms. The van der Waals surface area contributed by atoms with Crippen LogP contribution in [0.15, 0.2) is 96.2 Å². The molecule has 1 aliphatic heterocycles. The molecule has 2 N–H and O–H groups in total. The lowest BCUT2D eigenvalue weighted by Gasteiger charge is -2.29. The molecular weight excluding hydrogens is 389 g/mol. The second-order valence-electron chi connectivity index (χ2n) is 7.42. The predicted octanol–water partition coefficient (Wildman–Crippen LogP) is 4.91. The van der Waals surface area contributed by atoms with E-state index >= 15 is 0 Å². The minimum absolute atomic E-state index is 0.314. The Morgan fingerprint density at radius 3 is 2.45 bits per heavy atom. The van der Waals surface area contributed by atoms with E-state index in [4.69, 9.17) is 15.5 Å². The lowest BCUT2D eigenvalue weighted by Crippen LogP contribution is -2.25. The number of hydrogen-bond acceptors (Lipinski definition) is 4. The Kier molecular flexibility index (Phi) is 4.51. The molecule has 1 atom stereocenters. The molecule has 1 aromatic heterocycles. The van der Waals surface area contributed by atoms with Crippen LogP contribution in [0.1, 0.15) is 22.3 Å². The molecule has 0 radical (unpaired) electrons. The van der Waals surface area contributed by atoms with Crippen molar-refractivity contribution in [3.05, 3.63) is 119 Å².